The second-order valence-corrected chi connectivity index (χ2v) is 7.55. The standard InChI is InChI=1S/C10H15NO3.C5H6F2N2O.C3H3ClF2O2/c1-7-5-8(12)6-11(7)9(13)14-10(2,3)4;1-3-2-4(9-8-3)10-5(6)7;1-8-2(7)3(4,5)6/h5H,6H2,1-4H3;2,5H,1H3,(H,8,9);1H3. The van der Waals surface area contributed by atoms with E-state index in [0.717, 1.165) is 7.11 Å². The number of nitrogens with one attached hydrogen (secondary N) is 1. The average Bonchev–Trinajstić information content (AvgIpc) is 3.16. The van der Waals surface area contributed by atoms with E-state index >= 15 is 0 Å². The second-order valence-electron chi connectivity index (χ2n) is 7.08. The molecule has 0 saturated heterocycles. The topological polar surface area (TPSA) is 111 Å². The van der Waals surface area contributed by atoms with Gasteiger partial charge in [-0.3, -0.25) is 14.8 Å². The number of carbonyl (C=O) groups is 3. The van der Waals surface area contributed by atoms with E-state index < -0.39 is 29.7 Å². The van der Waals surface area contributed by atoms with Gasteiger partial charge >= 0.3 is 24.1 Å². The predicted octanol–water partition coefficient (Wildman–Crippen LogP) is 4.02. The van der Waals surface area contributed by atoms with Crippen LogP contribution in [0, 0.1) is 6.92 Å². The molecule has 0 aromatic carbocycles. The molecule has 0 bridgehead atoms. The normalized spacial score (nSPS) is 13.4. The van der Waals surface area contributed by atoms with Crippen molar-refractivity contribution in [2.75, 3.05) is 13.7 Å². The summed E-state index contributed by atoms with van der Waals surface area (Å²) in [4.78, 5) is 33.6. The highest BCUT2D eigenvalue weighted by molar-refractivity contribution is 6.31. The van der Waals surface area contributed by atoms with Crippen molar-refractivity contribution >= 4 is 29.4 Å². The van der Waals surface area contributed by atoms with Crippen LogP contribution in [0.4, 0.5) is 22.4 Å². The Morgan fingerprint density at radius 2 is 1.81 bits per heavy atom. The lowest BCUT2D eigenvalue weighted by Gasteiger charge is -2.24. The van der Waals surface area contributed by atoms with Gasteiger partial charge in [0.1, 0.15) is 5.60 Å². The molecular formula is C18H24ClF4N3O6. The van der Waals surface area contributed by atoms with Gasteiger partial charge in [-0.15, -0.1) is 5.10 Å². The maximum atomic E-state index is 11.5. The molecule has 2 heterocycles. The first-order valence-corrected chi connectivity index (χ1v) is 9.17. The van der Waals surface area contributed by atoms with Crippen molar-refractivity contribution in [1.82, 2.24) is 15.1 Å². The smallest absolute Gasteiger partial charge is 0.417 e. The summed E-state index contributed by atoms with van der Waals surface area (Å²) in [6.07, 6.45) is 0.987. The van der Waals surface area contributed by atoms with Crippen LogP contribution in [-0.2, 0) is 19.1 Å². The lowest BCUT2D eigenvalue weighted by molar-refractivity contribution is -0.157. The third-order valence-electron chi connectivity index (χ3n) is 3.03. The number of ether oxygens (including phenoxy) is 3. The molecule has 0 atom stereocenters. The first kappa shape index (κ1) is 29.2. The summed E-state index contributed by atoms with van der Waals surface area (Å²) in [7, 11) is 0.832. The molecule has 1 N–H and O–H groups in total. The Hall–Kier alpha value is -2.83. The van der Waals surface area contributed by atoms with Crippen molar-refractivity contribution in [1.29, 1.82) is 0 Å². The number of halogens is 5. The van der Waals surface area contributed by atoms with Gasteiger partial charge in [-0.2, -0.15) is 17.6 Å². The van der Waals surface area contributed by atoms with Gasteiger partial charge in [0.2, 0.25) is 5.88 Å². The van der Waals surface area contributed by atoms with Crippen LogP contribution in [-0.4, -0.2) is 64.2 Å². The fourth-order valence-corrected chi connectivity index (χ4v) is 1.90. The molecule has 0 fully saturated rings. The number of hydrogen-bond donors (Lipinski definition) is 1. The zero-order valence-corrected chi connectivity index (χ0v) is 18.9. The van der Waals surface area contributed by atoms with Gasteiger partial charge in [0.25, 0.3) is 0 Å². The number of hydrogen-bond acceptors (Lipinski definition) is 7. The number of ketones is 1. The van der Waals surface area contributed by atoms with Crippen molar-refractivity contribution in [3.8, 4) is 5.88 Å². The maximum absolute atomic E-state index is 11.5. The lowest BCUT2D eigenvalue weighted by Crippen LogP contribution is -2.35. The molecule has 2 rings (SSSR count). The number of H-pyrrole nitrogens is 1. The second kappa shape index (κ2) is 12.3. The first-order chi connectivity index (χ1) is 14.5. The third-order valence-corrected chi connectivity index (χ3v) is 3.19. The minimum Gasteiger partial charge on any atom is -0.464 e. The number of alkyl halides is 5. The average molecular weight is 490 g/mol. The van der Waals surface area contributed by atoms with E-state index in [4.69, 9.17) is 4.74 Å². The largest absolute Gasteiger partial charge is 0.464 e. The minimum absolute atomic E-state index is 0.0617. The summed E-state index contributed by atoms with van der Waals surface area (Å²) in [5.41, 5.74) is 0.808. The van der Waals surface area contributed by atoms with Gasteiger partial charge in [0.15, 0.2) is 5.78 Å². The molecule has 1 aromatic heterocycles. The van der Waals surface area contributed by atoms with Crippen LogP contribution in [0.1, 0.15) is 33.4 Å². The summed E-state index contributed by atoms with van der Waals surface area (Å²) in [5.74, 6) is -1.87. The van der Waals surface area contributed by atoms with Crippen molar-refractivity contribution in [2.24, 2.45) is 0 Å². The van der Waals surface area contributed by atoms with Crippen LogP contribution in [0.25, 0.3) is 0 Å². The summed E-state index contributed by atoms with van der Waals surface area (Å²) in [6, 6.07) is 1.40. The molecule has 1 amide bonds. The van der Waals surface area contributed by atoms with Crippen LogP contribution < -0.4 is 4.74 Å². The molecule has 1 aromatic rings. The van der Waals surface area contributed by atoms with E-state index in [1.807, 2.05) is 0 Å². The van der Waals surface area contributed by atoms with E-state index in [1.54, 1.807) is 34.6 Å². The van der Waals surface area contributed by atoms with Crippen LogP contribution in [0.5, 0.6) is 5.88 Å². The number of methoxy groups -OCH3 is 1. The first-order valence-electron chi connectivity index (χ1n) is 8.80. The lowest BCUT2D eigenvalue weighted by atomic mass is 10.2. The SMILES string of the molecule is CC1=CC(=O)CN1C(=O)OC(C)(C)C.COC(=O)C(F)(F)Cl.Cc1cc(OC(F)F)n[nH]1. The quantitative estimate of drug-likeness (QED) is 0.388. The minimum atomic E-state index is -3.88. The van der Waals surface area contributed by atoms with Gasteiger partial charge in [0.05, 0.1) is 13.7 Å². The van der Waals surface area contributed by atoms with Crippen LogP contribution in [0.3, 0.4) is 0 Å². The number of aryl methyl sites for hydroxylation is 1. The summed E-state index contributed by atoms with van der Waals surface area (Å²) in [5, 5.41) is 2.01. The van der Waals surface area contributed by atoms with Gasteiger partial charge in [-0.25, -0.2) is 9.59 Å². The van der Waals surface area contributed by atoms with Crippen molar-refractivity contribution < 1.29 is 46.2 Å². The maximum Gasteiger partial charge on any atom is 0.417 e. The van der Waals surface area contributed by atoms with Crippen molar-refractivity contribution in [3.63, 3.8) is 0 Å². The monoisotopic (exact) mass is 489 g/mol. The van der Waals surface area contributed by atoms with Crippen LogP contribution in [0.2, 0.25) is 0 Å². The van der Waals surface area contributed by atoms with Gasteiger partial charge < -0.3 is 14.2 Å². The number of carbonyl (C=O) groups excluding carboxylic acids is 3. The predicted molar refractivity (Wildman–Crippen MR) is 104 cm³/mol. The van der Waals surface area contributed by atoms with E-state index in [0.29, 0.717) is 11.4 Å². The molecule has 0 aliphatic carbocycles. The van der Waals surface area contributed by atoms with Crippen molar-refractivity contribution in [2.45, 2.75) is 52.2 Å². The molecule has 9 nitrogen and oxygen atoms in total. The number of allylic oxidation sites excluding steroid dienone is 1. The fraction of sp³-hybridized carbons (Fsp3) is 0.556. The van der Waals surface area contributed by atoms with Gasteiger partial charge in [-0.1, -0.05) is 0 Å². The zero-order chi connectivity index (χ0) is 25.3. The highest BCUT2D eigenvalue weighted by Crippen LogP contribution is 2.19. The molecule has 0 radical (unpaired) electrons. The molecule has 0 unspecified atom stereocenters. The number of esters is 1. The van der Waals surface area contributed by atoms with Crippen LogP contribution >= 0.6 is 11.6 Å². The highest BCUT2D eigenvalue weighted by Gasteiger charge is 2.36. The summed E-state index contributed by atoms with van der Waals surface area (Å²) < 4.78 is 58.4. The van der Waals surface area contributed by atoms with E-state index in [1.165, 1.54) is 17.0 Å². The van der Waals surface area contributed by atoms with Crippen molar-refractivity contribution in [3.05, 3.63) is 23.5 Å². The molecule has 0 spiro atoms. The zero-order valence-electron chi connectivity index (χ0n) is 18.2. The number of rotatable bonds is 3. The molecule has 0 saturated carbocycles. The number of aromatic nitrogens is 2. The van der Waals surface area contributed by atoms with E-state index in [9.17, 15) is 31.9 Å². The molecular weight excluding hydrogens is 466 g/mol. The Labute approximate surface area is 186 Å². The van der Waals surface area contributed by atoms with Gasteiger partial charge in [0, 0.05) is 23.5 Å². The molecule has 1 aliphatic heterocycles. The van der Waals surface area contributed by atoms with E-state index in [-0.39, 0.29) is 18.2 Å². The van der Waals surface area contributed by atoms with Gasteiger partial charge in [-0.05, 0) is 46.2 Å². The molecule has 14 heteroatoms. The highest BCUT2D eigenvalue weighted by atomic mass is 35.5. The summed E-state index contributed by atoms with van der Waals surface area (Å²) in [6.45, 7) is 6.09. The molecule has 182 valence electrons. The Morgan fingerprint density at radius 3 is 2.09 bits per heavy atom. The number of amides is 1. The summed E-state index contributed by atoms with van der Waals surface area (Å²) >= 11 is 4.18. The van der Waals surface area contributed by atoms with Crippen LogP contribution in [0.15, 0.2) is 17.8 Å². The Kier molecular flexibility index (Phi) is 11.2. The molecule has 1 aliphatic rings. The van der Waals surface area contributed by atoms with E-state index in [2.05, 4.69) is 31.3 Å². The Morgan fingerprint density at radius 1 is 1.25 bits per heavy atom. The third kappa shape index (κ3) is 12.1. The molecule has 32 heavy (non-hydrogen) atoms. The fourth-order valence-electron chi connectivity index (χ4n) is 1.82. The Bertz CT molecular complexity index is 818. The number of aromatic amines is 1. The number of nitrogens with zero attached hydrogens (tertiary/aromatic N) is 2. The Balaban J connectivity index is 0.000000472.